The van der Waals surface area contributed by atoms with Crippen molar-refractivity contribution < 1.29 is 13.2 Å². The number of hydrogen-bond donors (Lipinski definition) is 1. The van der Waals surface area contributed by atoms with Crippen molar-refractivity contribution in [3.63, 3.8) is 0 Å². The molecular weight excluding hydrogens is 418 g/mol. The standard InChI is InChI=1S/C22H29N3O3S2/c1-18-3-9-21(10-4-18)29-16-11-23-22(26)20-7-5-19(6-8-20)17-24-12-14-25(15-13-24)30(2,27)28/h3-10H,11-17H2,1-2H3,(H,23,26). The van der Waals surface area contributed by atoms with Gasteiger partial charge in [0.2, 0.25) is 10.0 Å². The highest BCUT2D eigenvalue weighted by Gasteiger charge is 2.23. The summed E-state index contributed by atoms with van der Waals surface area (Å²) in [4.78, 5) is 15.8. The van der Waals surface area contributed by atoms with E-state index in [0.717, 1.165) is 17.9 Å². The van der Waals surface area contributed by atoms with E-state index in [1.165, 1.54) is 21.0 Å². The van der Waals surface area contributed by atoms with Gasteiger partial charge in [-0.1, -0.05) is 29.8 Å². The van der Waals surface area contributed by atoms with Crippen LogP contribution in [0.4, 0.5) is 0 Å². The second-order valence-electron chi connectivity index (χ2n) is 7.55. The molecule has 1 heterocycles. The summed E-state index contributed by atoms with van der Waals surface area (Å²) >= 11 is 1.73. The fraction of sp³-hybridized carbons (Fsp3) is 0.409. The Labute approximate surface area is 183 Å². The number of thioether (sulfide) groups is 1. The van der Waals surface area contributed by atoms with Crippen LogP contribution in [-0.2, 0) is 16.6 Å². The number of benzene rings is 2. The molecule has 1 aliphatic rings. The molecule has 3 rings (SSSR count). The first kappa shape index (κ1) is 22.8. The SMILES string of the molecule is Cc1ccc(SCCNC(=O)c2ccc(CN3CCN(S(C)(=O)=O)CC3)cc2)cc1. The smallest absolute Gasteiger partial charge is 0.251 e. The molecule has 0 aliphatic carbocycles. The highest BCUT2D eigenvalue weighted by Crippen LogP contribution is 2.17. The van der Waals surface area contributed by atoms with Gasteiger partial charge in [0.25, 0.3) is 5.91 Å². The lowest BCUT2D eigenvalue weighted by Gasteiger charge is -2.33. The van der Waals surface area contributed by atoms with E-state index in [1.54, 1.807) is 11.8 Å². The van der Waals surface area contributed by atoms with Crippen LogP contribution in [0.15, 0.2) is 53.4 Å². The van der Waals surface area contributed by atoms with Crippen LogP contribution >= 0.6 is 11.8 Å². The summed E-state index contributed by atoms with van der Waals surface area (Å²) in [6, 6.07) is 16.0. The Hall–Kier alpha value is -1.87. The Morgan fingerprint density at radius 3 is 2.23 bits per heavy atom. The lowest BCUT2D eigenvalue weighted by molar-refractivity contribution is 0.0956. The summed E-state index contributed by atoms with van der Waals surface area (Å²) < 4.78 is 24.7. The average molecular weight is 448 g/mol. The topological polar surface area (TPSA) is 69.7 Å². The second-order valence-corrected chi connectivity index (χ2v) is 10.7. The van der Waals surface area contributed by atoms with Gasteiger partial charge in [-0.25, -0.2) is 8.42 Å². The Morgan fingerprint density at radius 2 is 1.63 bits per heavy atom. The maximum atomic E-state index is 12.3. The van der Waals surface area contributed by atoms with Crippen molar-refractivity contribution in [3.8, 4) is 0 Å². The first-order valence-electron chi connectivity index (χ1n) is 10.1. The van der Waals surface area contributed by atoms with E-state index < -0.39 is 10.0 Å². The number of sulfonamides is 1. The van der Waals surface area contributed by atoms with E-state index in [0.29, 0.717) is 38.3 Å². The zero-order valence-corrected chi connectivity index (χ0v) is 19.1. The summed E-state index contributed by atoms with van der Waals surface area (Å²) in [6.45, 7) is 5.93. The number of carbonyl (C=O) groups is 1. The number of rotatable bonds is 8. The molecule has 1 fully saturated rings. The maximum Gasteiger partial charge on any atom is 0.251 e. The average Bonchev–Trinajstić information content (AvgIpc) is 2.72. The summed E-state index contributed by atoms with van der Waals surface area (Å²) in [5.74, 6) is 0.764. The Bertz CT molecular complexity index is 937. The van der Waals surface area contributed by atoms with Gasteiger partial charge in [-0.05, 0) is 36.8 Å². The highest BCUT2D eigenvalue weighted by atomic mass is 32.2. The Balaban J connectivity index is 1.40. The van der Waals surface area contributed by atoms with Crippen molar-refractivity contribution in [3.05, 3.63) is 65.2 Å². The number of piperazine rings is 1. The fourth-order valence-electron chi connectivity index (χ4n) is 3.31. The number of nitrogens with one attached hydrogen (secondary N) is 1. The summed E-state index contributed by atoms with van der Waals surface area (Å²) in [5, 5.41) is 2.97. The molecule has 0 aromatic heterocycles. The van der Waals surface area contributed by atoms with Crippen LogP contribution in [0, 0.1) is 6.92 Å². The van der Waals surface area contributed by atoms with Gasteiger partial charge >= 0.3 is 0 Å². The van der Waals surface area contributed by atoms with Gasteiger partial charge in [0.05, 0.1) is 6.26 Å². The number of hydrogen-bond acceptors (Lipinski definition) is 5. The molecular formula is C22H29N3O3S2. The fourth-order valence-corrected chi connectivity index (χ4v) is 4.90. The Kier molecular flexibility index (Phi) is 7.93. The van der Waals surface area contributed by atoms with Crippen LogP contribution in [0.1, 0.15) is 21.5 Å². The van der Waals surface area contributed by atoms with Crippen molar-refractivity contribution in [2.24, 2.45) is 0 Å². The number of carbonyl (C=O) groups excluding carboxylic acids is 1. The zero-order chi connectivity index (χ0) is 21.6. The number of aryl methyl sites for hydroxylation is 1. The maximum absolute atomic E-state index is 12.3. The van der Waals surface area contributed by atoms with E-state index in [-0.39, 0.29) is 5.91 Å². The van der Waals surface area contributed by atoms with E-state index in [2.05, 4.69) is 41.4 Å². The van der Waals surface area contributed by atoms with Crippen molar-refractivity contribution in [2.45, 2.75) is 18.4 Å². The summed E-state index contributed by atoms with van der Waals surface area (Å²) in [7, 11) is -3.10. The number of nitrogens with zero attached hydrogens (tertiary/aromatic N) is 2. The number of amides is 1. The van der Waals surface area contributed by atoms with Crippen LogP contribution in [0.3, 0.4) is 0 Å². The first-order valence-corrected chi connectivity index (χ1v) is 12.9. The van der Waals surface area contributed by atoms with Gasteiger partial charge in [0.1, 0.15) is 0 Å². The molecule has 2 aromatic rings. The molecule has 30 heavy (non-hydrogen) atoms. The van der Waals surface area contributed by atoms with E-state index in [1.807, 2.05) is 24.3 Å². The monoisotopic (exact) mass is 447 g/mol. The molecule has 162 valence electrons. The minimum absolute atomic E-state index is 0.0622. The van der Waals surface area contributed by atoms with Crippen LogP contribution in [-0.4, -0.2) is 68.3 Å². The third-order valence-electron chi connectivity index (χ3n) is 5.10. The van der Waals surface area contributed by atoms with Crippen LogP contribution < -0.4 is 5.32 Å². The minimum atomic E-state index is -3.10. The van der Waals surface area contributed by atoms with Gasteiger partial charge in [0, 0.05) is 55.5 Å². The Morgan fingerprint density at radius 1 is 1.00 bits per heavy atom. The van der Waals surface area contributed by atoms with Crippen molar-refractivity contribution >= 4 is 27.7 Å². The molecule has 2 aromatic carbocycles. The first-order chi connectivity index (χ1) is 14.3. The largest absolute Gasteiger partial charge is 0.351 e. The van der Waals surface area contributed by atoms with Gasteiger partial charge in [-0.3, -0.25) is 9.69 Å². The molecule has 0 atom stereocenters. The lowest BCUT2D eigenvalue weighted by Crippen LogP contribution is -2.47. The zero-order valence-electron chi connectivity index (χ0n) is 17.5. The van der Waals surface area contributed by atoms with Gasteiger partial charge in [-0.15, -0.1) is 11.8 Å². The van der Waals surface area contributed by atoms with Gasteiger partial charge in [-0.2, -0.15) is 4.31 Å². The van der Waals surface area contributed by atoms with Crippen LogP contribution in [0.25, 0.3) is 0 Å². The normalized spacial score (nSPS) is 15.8. The molecule has 1 aliphatic heterocycles. The quantitative estimate of drug-likeness (QED) is 0.498. The van der Waals surface area contributed by atoms with Crippen LogP contribution in [0.5, 0.6) is 0 Å². The molecule has 0 radical (unpaired) electrons. The third-order valence-corrected chi connectivity index (χ3v) is 7.42. The predicted octanol–water partition coefficient (Wildman–Crippen LogP) is 2.59. The molecule has 6 nitrogen and oxygen atoms in total. The van der Waals surface area contributed by atoms with E-state index in [4.69, 9.17) is 0 Å². The molecule has 0 spiro atoms. The van der Waals surface area contributed by atoms with Crippen molar-refractivity contribution in [1.82, 2.24) is 14.5 Å². The van der Waals surface area contributed by atoms with Gasteiger partial charge in [0.15, 0.2) is 0 Å². The molecule has 8 heteroatoms. The summed E-state index contributed by atoms with van der Waals surface area (Å²) in [6.07, 6.45) is 1.26. The minimum Gasteiger partial charge on any atom is -0.351 e. The highest BCUT2D eigenvalue weighted by molar-refractivity contribution is 7.99. The molecule has 0 unspecified atom stereocenters. The molecule has 0 saturated carbocycles. The predicted molar refractivity (Wildman–Crippen MR) is 122 cm³/mol. The van der Waals surface area contributed by atoms with Gasteiger partial charge < -0.3 is 5.32 Å². The summed E-state index contributed by atoms with van der Waals surface area (Å²) in [5.41, 5.74) is 3.02. The van der Waals surface area contributed by atoms with E-state index in [9.17, 15) is 13.2 Å². The second kappa shape index (κ2) is 10.4. The molecule has 0 bridgehead atoms. The van der Waals surface area contributed by atoms with Crippen molar-refractivity contribution in [2.75, 3.05) is 44.7 Å². The van der Waals surface area contributed by atoms with Crippen molar-refractivity contribution in [1.29, 1.82) is 0 Å². The molecule has 1 saturated heterocycles. The molecule has 1 amide bonds. The van der Waals surface area contributed by atoms with E-state index >= 15 is 0 Å². The third kappa shape index (κ3) is 6.84. The molecule has 1 N–H and O–H groups in total. The lowest BCUT2D eigenvalue weighted by atomic mass is 10.1. The van der Waals surface area contributed by atoms with Crippen LogP contribution in [0.2, 0.25) is 0 Å².